The molecule has 1 rings (SSSR count). The molecule has 0 aromatic carbocycles. The number of aliphatic hydroxyl groups excluding tert-OH is 1. The summed E-state index contributed by atoms with van der Waals surface area (Å²) in [6.45, 7) is 6.31. The fraction of sp³-hybridized carbons (Fsp3) is 0.500. The van der Waals surface area contributed by atoms with Crippen LogP contribution in [0.15, 0.2) is 47.3 Å². The van der Waals surface area contributed by atoms with Crippen molar-refractivity contribution in [3.63, 3.8) is 0 Å². The minimum absolute atomic E-state index is 0.240. The fourth-order valence-electron chi connectivity index (χ4n) is 1.85. The summed E-state index contributed by atoms with van der Waals surface area (Å²) in [6.07, 6.45) is 12.4. The van der Waals surface area contributed by atoms with Crippen molar-refractivity contribution in [2.75, 3.05) is 0 Å². The molecule has 18 heavy (non-hydrogen) atoms. The molecule has 0 aromatic heterocycles. The molecule has 1 unspecified atom stereocenters. The van der Waals surface area contributed by atoms with Gasteiger partial charge >= 0.3 is 0 Å². The Labute approximate surface area is 110 Å². The first-order chi connectivity index (χ1) is 8.41. The monoisotopic (exact) mass is 248 g/mol. The molecule has 1 aliphatic carbocycles. The van der Waals surface area contributed by atoms with Crippen LogP contribution in [0.25, 0.3) is 0 Å². The molecule has 0 radical (unpaired) electrons. The van der Waals surface area contributed by atoms with Crippen molar-refractivity contribution in [3.05, 3.63) is 47.3 Å². The number of hydrogen-bond acceptors (Lipinski definition) is 2. The van der Waals surface area contributed by atoms with Crippen molar-refractivity contribution >= 4 is 0 Å². The van der Waals surface area contributed by atoms with Crippen LogP contribution in [0.4, 0.5) is 0 Å². The molecule has 1 atom stereocenters. The predicted octanol–water partition coefficient (Wildman–Crippen LogP) is 4.20. The largest absolute Gasteiger partial charge is 0.508 e. The van der Waals surface area contributed by atoms with Crippen molar-refractivity contribution in [3.8, 4) is 0 Å². The summed E-state index contributed by atoms with van der Waals surface area (Å²) in [4.78, 5) is 0. The van der Waals surface area contributed by atoms with Gasteiger partial charge in [0.1, 0.15) is 5.76 Å². The maximum absolute atomic E-state index is 10.3. The molecule has 1 aliphatic rings. The molecule has 0 fully saturated rings. The fourth-order valence-corrected chi connectivity index (χ4v) is 1.85. The number of hydrogen-bond donors (Lipinski definition) is 2. The Morgan fingerprint density at radius 3 is 2.61 bits per heavy atom. The van der Waals surface area contributed by atoms with Gasteiger partial charge in [0.2, 0.25) is 0 Å². The van der Waals surface area contributed by atoms with Gasteiger partial charge in [-0.1, -0.05) is 23.3 Å². The van der Waals surface area contributed by atoms with Crippen LogP contribution in [0, 0.1) is 0 Å². The number of rotatable bonds is 5. The van der Waals surface area contributed by atoms with Gasteiger partial charge in [0.25, 0.3) is 0 Å². The minimum Gasteiger partial charge on any atom is -0.508 e. The van der Waals surface area contributed by atoms with E-state index in [0.29, 0.717) is 12.8 Å². The first-order valence-electron chi connectivity index (χ1n) is 6.51. The van der Waals surface area contributed by atoms with E-state index in [4.69, 9.17) is 0 Å². The SMILES string of the molecule is CC(C)=CCC/C(C)=C/CC1(O)C=CC(O)=CC1. The molecule has 0 saturated heterocycles. The highest BCUT2D eigenvalue weighted by Gasteiger charge is 2.23. The zero-order valence-electron chi connectivity index (χ0n) is 11.6. The molecule has 0 spiro atoms. The van der Waals surface area contributed by atoms with E-state index in [9.17, 15) is 10.2 Å². The zero-order valence-corrected chi connectivity index (χ0v) is 11.6. The van der Waals surface area contributed by atoms with Crippen molar-refractivity contribution in [1.82, 2.24) is 0 Å². The molecule has 0 aliphatic heterocycles. The lowest BCUT2D eigenvalue weighted by molar-refractivity contribution is 0.0938. The zero-order chi connectivity index (χ0) is 13.6. The highest BCUT2D eigenvalue weighted by atomic mass is 16.3. The van der Waals surface area contributed by atoms with Gasteiger partial charge in [-0.2, -0.15) is 0 Å². The normalized spacial score (nSPS) is 23.8. The third-order valence-electron chi connectivity index (χ3n) is 3.12. The average Bonchev–Trinajstić information content (AvgIpc) is 2.31. The lowest BCUT2D eigenvalue weighted by Gasteiger charge is -2.24. The quantitative estimate of drug-likeness (QED) is 0.716. The molecule has 0 bridgehead atoms. The predicted molar refractivity (Wildman–Crippen MR) is 76.5 cm³/mol. The Morgan fingerprint density at radius 1 is 1.33 bits per heavy atom. The Morgan fingerprint density at radius 2 is 2.06 bits per heavy atom. The van der Waals surface area contributed by atoms with E-state index in [1.807, 2.05) is 0 Å². The molecule has 2 nitrogen and oxygen atoms in total. The second-order valence-corrected chi connectivity index (χ2v) is 5.34. The smallest absolute Gasteiger partial charge is 0.111 e. The van der Waals surface area contributed by atoms with Crippen molar-refractivity contribution in [2.45, 2.75) is 52.1 Å². The first-order valence-corrected chi connectivity index (χ1v) is 6.51. The van der Waals surface area contributed by atoms with Crippen LogP contribution >= 0.6 is 0 Å². The van der Waals surface area contributed by atoms with E-state index in [2.05, 4.69) is 32.9 Å². The van der Waals surface area contributed by atoms with Crippen LogP contribution in [0.3, 0.4) is 0 Å². The van der Waals surface area contributed by atoms with Crippen LogP contribution in [-0.4, -0.2) is 15.8 Å². The summed E-state index contributed by atoms with van der Waals surface area (Å²) < 4.78 is 0. The van der Waals surface area contributed by atoms with E-state index in [1.54, 1.807) is 18.2 Å². The molecule has 100 valence electrons. The Bertz CT molecular complexity index is 395. The molecule has 0 saturated carbocycles. The first kappa shape index (κ1) is 14.8. The van der Waals surface area contributed by atoms with Crippen molar-refractivity contribution in [2.24, 2.45) is 0 Å². The second-order valence-electron chi connectivity index (χ2n) is 5.34. The highest BCUT2D eigenvalue weighted by molar-refractivity contribution is 5.23. The van der Waals surface area contributed by atoms with Crippen molar-refractivity contribution in [1.29, 1.82) is 0 Å². The van der Waals surface area contributed by atoms with Gasteiger partial charge in [-0.25, -0.2) is 0 Å². The molecule has 2 heteroatoms. The van der Waals surface area contributed by atoms with Gasteiger partial charge in [0.05, 0.1) is 5.60 Å². The van der Waals surface area contributed by atoms with Gasteiger partial charge in [-0.3, -0.25) is 0 Å². The Kier molecular flexibility index (Phi) is 5.42. The Hall–Kier alpha value is -1.28. The van der Waals surface area contributed by atoms with Crippen LogP contribution < -0.4 is 0 Å². The summed E-state index contributed by atoms with van der Waals surface area (Å²) in [6, 6.07) is 0. The lowest BCUT2D eigenvalue weighted by Crippen LogP contribution is -2.26. The third-order valence-corrected chi connectivity index (χ3v) is 3.12. The van der Waals surface area contributed by atoms with E-state index in [1.165, 1.54) is 11.1 Å². The number of aliphatic hydroxyl groups is 2. The maximum atomic E-state index is 10.3. The summed E-state index contributed by atoms with van der Waals surface area (Å²) in [5.74, 6) is 0.240. The molecular formula is C16H24O2. The highest BCUT2D eigenvalue weighted by Crippen LogP contribution is 2.25. The standard InChI is InChI=1S/C16H24O2/c1-13(2)5-4-6-14(3)7-10-16(18)11-8-15(17)9-12-16/h5,7-9,11,17-18H,4,6,10,12H2,1-3H3/b14-7+. The Balaban J connectivity index is 2.44. The van der Waals surface area contributed by atoms with E-state index < -0.39 is 5.60 Å². The lowest BCUT2D eigenvalue weighted by atomic mass is 9.90. The summed E-state index contributed by atoms with van der Waals surface area (Å²) in [5, 5.41) is 19.5. The number of allylic oxidation sites excluding steroid dienone is 4. The molecule has 0 aromatic rings. The van der Waals surface area contributed by atoms with Crippen molar-refractivity contribution < 1.29 is 10.2 Å². The summed E-state index contributed by atoms with van der Waals surface area (Å²) >= 11 is 0. The van der Waals surface area contributed by atoms with Gasteiger partial charge < -0.3 is 10.2 Å². The van der Waals surface area contributed by atoms with Crippen LogP contribution in [0.5, 0.6) is 0 Å². The van der Waals surface area contributed by atoms with E-state index in [-0.39, 0.29) is 5.76 Å². The molecule has 0 amide bonds. The topological polar surface area (TPSA) is 40.5 Å². The maximum Gasteiger partial charge on any atom is 0.111 e. The van der Waals surface area contributed by atoms with E-state index in [0.717, 1.165) is 12.8 Å². The van der Waals surface area contributed by atoms with Crippen LogP contribution in [0.2, 0.25) is 0 Å². The van der Waals surface area contributed by atoms with Gasteiger partial charge in [0.15, 0.2) is 0 Å². The van der Waals surface area contributed by atoms with E-state index >= 15 is 0 Å². The van der Waals surface area contributed by atoms with Gasteiger partial charge in [0, 0.05) is 6.42 Å². The van der Waals surface area contributed by atoms with Crippen LogP contribution in [-0.2, 0) is 0 Å². The molecule has 0 heterocycles. The van der Waals surface area contributed by atoms with Gasteiger partial charge in [-0.15, -0.1) is 0 Å². The van der Waals surface area contributed by atoms with Gasteiger partial charge in [-0.05, 0) is 58.3 Å². The van der Waals surface area contributed by atoms with Crippen LogP contribution in [0.1, 0.15) is 46.5 Å². The molecule has 2 N–H and O–H groups in total. The minimum atomic E-state index is -0.829. The third kappa shape index (κ3) is 5.37. The summed E-state index contributed by atoms with van der Waals surface area (Å²) in [5.41, 5.74) is 1.81. The second kappa shape index (κ2) is 6.60. The summed E-state index contributed by atoms with van der Waals surface area (Å²) in [7, 11) is 0. The average molecular weight is 248 g/mol. The molecular weight excluding hydrogens is 224 g/mol.